The predicted molar refractivity (Wildman–Crippen MR) is 90.7 cm³/mol. The van der Waals surface area contributed by atoms with E-state index < -0.39 is 0 Å². The second kappa shape index (κ2) is 6.94. The maximum absolute atomic E-state index is 6.41. The van der Waals surface area contributed by atoms with Crippen molar-refractivity contribution in [2.24, 2.45) is 0 Å². The molecule has 0 bridgehead atoms. The minimum atomic E-state index is -0.0487. The Labute approximate surface area is 140 Å². The summed E-state index contributed by atoms with van der Waals surface area (Å²) in [5.41, 5.74) is 2.03. The van der Waals surface area contributed by atoms with Gasteiger partial charge >= 0.3 is 0 Å². The Kier molecular flexibility index (Phi) is 5.49. The van der Waals surface area contributed by atoms with Crippen molar-refractivity contribution in [3.63, 3.8) is 0 Å². The number of ether oxygens (including phenoxy) is 1. The summed E-state index contributed by atoms with van der Waals surface area (Å²) in [7, 11) is 3.57. The molecule has 0 amide bonds. The Hall–Kier alpha value is -0.550. The highest BCUT2D eigenvalue weighted by Gasteiger charge is 2.20. The monoisotopic (exact) mass is 417 g/mol. The van der Waals surface area contributed by atoms with Gasteiger partial charge < -0.3 is 10.1 Å². The quantitative estimate of drug-likeness (QED) is 0.737. The second-order valence-electron chi connectivity index (χ2n) is 4.25. The predicted octanol–water partition coefficient (Wildman–Crippen LogP) is 5.18. The first-order chi connectivity index (χ1) is 9.58. The zero-order chi connectivity index (χ0) is 14.7. The van der Waals surface area contributed by atoms with Gasteiger partial charge in [0.2, 0.25) is 0 Å². The summed E-state index contributed by atoms with van der Waals surface area (Å²) in [5, 5.41) is 4.00. The minimum Gasteiger partial charge on any atom is -0.496 e. The van der Waals surface area contributed by atoms with Crippen molar-refractivity contribution in [3.05, 3.63) is 61.5 Å². The van der Waals surface area contributed by atoms with Crippen LogP contribution in [0.3, 0.4) is 0 Å². The van der Waals surface area contributed by atoms with E-state index in [0.717, 1.165) is 25.8 Å². The van der Waals surface area contributed by atoms with E-state index in [2.05, 4.69) is 37.2 Å². The molecule has 20 heavy (non-hydrogen) atoms. The molecule has 0 saturated carbocycles. The Morgan fingerprint density at radius 2 is 1.90 bits per heavy atom. The number of nitrogens with one attached hydrogen (secondary N) is 1. The smallest absolute Gasteiger partial charge is 0.124 e. The van der Waals surface area contributed by atoms with Crippen LogP contribution in [0, 0.1) is 0 Å². The van der Waals surface area contributed by atoms with E-state index in [9.17, 15) is 0 Å². The number of hydrogen-bond acceptors (Lipinski definition) is 2. The summed E-state index contributed by atoms with van der Waals surface area (Å²) in [6, 6.07) is 11.8. The number of hydrogen-bond donors (Lipinski definition) is 1. The van der Waals surface area contributed by atoms with Crippen LogP contribution < -0.4 is 10.1 Å². The zero-order valence-electron chi connectivity index (χ0n) is 11.1. The fraction of sp³-hybridized carbons (Fsp3) is 0.200. The standard InChI is InChI=1S/C15H14Br2ClNO/c1-19-15(10-4-3-5-12(17)14(10)18)11-8-9(16)6-7-13(11)20-2/h3-8,15,19H,1-2H3. The molecule has 1 atom stereocenters. The average Bonchev–Trinajstić information content (AvgIpc) is 2.44. The summed E-state index contributed by atoms with van der Waals surface area (Å²) in [6.07, 6.45) is 0. The van der Waals surface area contributed by atoms with Crippen molar-refractivity contribution in [1.29, 1.82) is 0 Å². The van der Waals surface area contributed by atoms with Crippen LogP contribution in [0.15, 0.2) is 45.3 Å². The van der Waals surface area contributed by atoms with Crippen LogP contribution in [0.25, 0.3) is 0 Å². The number of methoxy groups -OCH3 is 1. The molecule has 0 saturated heterocycles. The molecule has 0 radical (unpaired) electrons. The van der Waals surface area contributed by atoms with Crippen molar-refractivity contribution in [1.82, 2.24) is 5.32 Å². The van der Waals surface area contributed by atoms with Crippen molar-refractivity contribution in [2.45, 2.75) is 6.04 Å². The molecule has 5 heteroatoms. The lowest BCUT2D eigenvalue weighted by atomic mass is 9.98. The molecule has 2 rings (SSSR count). The zero-order valence-corrected chi connectivity index (χ0v) is 15.0. The van der Waals surface area contributed by atoms with E-state index in [4.69, 9.17) is 16.3 Å². The van der Waals surface area contributed by atoms with Crippen molar-refractivity contribution in [3.8, 4) is 5.75 Å². The lowest BCUT2D eigenvalue weighted by Gasteiger charge is -2.21. The summed E-state index contributed by atoms with van der Waals surface area (Å²) < 4.78 is 7.34. The molecule has 0 spiro atoms. The molecule has 2 aromatic carbocycles. The molecule has 106 valence electrons. The summed E-state index contributed by atoms with van der Waals surface area (Å²) in [6.45, 7) is 0. The largest absolute Gasteiger partial charge is 0.496 e. The van der Waals surface area contributed by atoms with Crippen LogP contribution in [-0.4, -0.2) is 14.2 Å². The average molecular weight is 420 g/mol. The molecular formula is C15H14Br2ClNO. The van der Waals surface area contributed by atoms with Gasteiger partial charge in [0.25, 0.3) is 0 Å². The highest BCUT2D eigenvalue weighted by Crippen LogP contribution is 2.37. The number of rotatable bonds is 4. The van der Waals surface area contributed by atoms with Gasteiger partial charge in [-0.05, 0) is 52.8 Å². The molecule has 2 nitrogen and oxygen atoms in total. The van der Waals surface area contributed by atoms with Crippen molar-refractivity contribution < 1.29 is 4.74 Å². The summed E-state index contributed by atoms with van der Waals surface area (Å²) in [5.74, 6) is 0.823. The Bertz CT molecular complexity index is 619. The first kappa shape index (κ1) is 15.8. The van der Waals surface area contributed by atoms with E-state index in [1.165, 1.54) is 0 Å². The molecule has 0 aromatic heterocycles. The molecule has 2 aromatic rings. The van der Waals surface area contributed by atoms with Gasteiger partial charge in [0.1, 0.15) is 5.75 Å². The van der Waals surface area contributed by atoms with Crippen LogP contribution in [0.4, 0.5) is 0 Å². The van der Waals surface area contributed by atoms with Gasteiger partial charge in [-0.25, -0.2) is 0 Å². The highest BCUT2D eigenvalue weighted by molar-refractivity contribution is 9.10. The van der Waals surface area contributed by atoms with Crippen molar-refractivity contribution >= 4 is 43.5 Å². The van der Waals surface area contributed by atoms with Gasteiger partial charge in [-0.1, -0.05) is 39.7 Å². The van der Waals surface area contributed by atoms with E-state index >= 15 is 0 Å². The maximum Gasteiger partial charge on any atom is 0.124 e. The summed E-state index contributed by atoms with van der Waals surface area (Å²) in [4.78, 5) is 0. The molecule has 0 aliphatic rings. The topological polar surface area (TPSA) is 21.3 Å². The van der Waals surface area contributed by atoms with Crippen LogP contribution in [0.5, 0.6) is 5.75 Å². The number of halogens is 3. The van der Waals surface area contributed by atoms with Gasteiger partial charge in [0, 0.05) is 14.5 Å². The molecule has 1 unspecified atom stereocenters. The molecule has 0 aliphatic heterocycles. The molecule has 0 fully saturated rings. The second-order valence-corrected chi connectivity index (χ2v) is 6.40. The highest BCUT2D eigenvalue weighted by atomic mass is 79.9. The van der Waals surface area contributed by atoms with Crippen LogP contribution >= 0.6 is 43.5 Å². The Morgan fingerprint density at radius 1 is 1.15 bits per heavy atom. The van der Waals surface area contributed by atoms with E-state index in [-0.39, 0.29) is 6.04 Å². The molecule has 0 aliphatic carbocycles. The van der Waals surface area contributed by atoms with E-state index in [1.807, 2.05) is 43.4 Å². The van der Waals surface area contributed by atoms with Gasteiger partial charge in [0.05, 0.1) is 18.2 Å². The third-order valence-corrected chi connectivity index (χ3v) is 4.89. The van der Waals surface area contributed by atoms with E-state index in [0.29, 0.717) is 5.02 Å². The SMILES string of the molecule is CNC(c1cc(Br)ccc1OC)c1cccc(Br)c1Cl. The van der Waals surface area contributed by atoms with Gasteiger partial charge in [-0.15, -0.1) is 0 Å². The third kappa shape index (κ3) is 3.19. The molecular weight excluding hydrogens is 405 g/mol. The van der Waals surface area contributed by atoms with Gasteiger partial charge in [-0.2, -0.15) is 0 Å². The lowest BCUT2D eigenvalue weighted by molar-refractivity contribution is 0.405. The Balaban J connectivity index is 2.58. The van der Waals surface area contributed by atoms with Crippen LogP contribution in [0.2, 0.25) is 5.02 Å². The summed E-state index contributed by atoms with van der Waals surface area (Å²) >= 11 is 13.4. The van der Waals surface area contributed by atoms with Gasteiger partial charge in [-0.3, -0.25) is 0 Å². The first-order valence-corrected chi connectivity index (χ1v) is 7.99. The third-order valence-electron chi connectivity index (χ3n) is 3.08. The van der Waals surface area contributed by atoms with E-state index in [1.54, 1.807) is 7.11 Å². The molecule has 1 N–H and O–H groups in total. The van der Waals surface area contributed by atoms with Gasteiger partial charge in [0.15, 0.2) is 0 Å². The maximum atomic E-state index is 6.41. The van der Waals surface area contributed by atoms with Crippen molar-refractivity contribution in [2.75, 3.05) is 14.2 Å². The van der Waals surface area contributed by atoms with Crippen LogP contribution in [-0.2, 0) is 0 Å². The normalized spacial score (nSPS) is 12.2. The number of benzene rings is 2. The molecule has 0 heterocycles. The Morgan fingerprint density at radius 3 is 2.55 bits per heavy atom. The fourth-order valence-corrected chi connectivity index (χ4v) is 3.15. The first-order valence-electron chi connectivity index (χ1n) is 6.03. The minimum absolute atomic E-state index is 0.0487. The fourth-order valence-electron chi connectivity index (χ4n) is 2.15. The lowest BCUT2D eigenvalue weighted by Crippen LogP contribution is -2.19. The van der Waals surface area contributed by atoms with Crippen LogP contribution in [0.1, 0.15) is 17.2 Å².